The molecule has 0 aliphatic rings. The van der Waals surface area contributed by atoms with Crippen molar-refractivity contribution in [2.75, 3.05) is 7.05 Å². The maximum atomic E-state index is 12.5. The highest BCUT2D eigenvalue weighted by Gasteiger charge is 2.21. The van der Waals surface area contributed by atoms with Gasteiger partial charge in [-0.1, -0.05) is 0 Å². The summed E-state index contributed by atoms with van der Waals surface area (Å²) in [6.07, 6.45) is 1.32. The van der Waals surface area contributed by atoms with Gasteiger partial charge in [0, 0.05) is 20.3 Å². The van der Waals surface area contributed by atoms with E-state index in [4.69, 9.17) is 4.74 Å². The van der Waals surface area contributed by atoms with Gasteiger partial charge in [0.05, 0.1) is 5.52 Å². The van der Waals surface area contributed by atoms with Crippen LogP contribution in [0, 0.1) is 0 Å². The number of esters is 1. The Morgan fingerprint density at radius 3 is 2.79 bits per heavy atom. The van der Waals surface area contributed by atoms with Crippen LogP contribution in [0.4, 0.5) is 0 Å². The molecule has 0 aliphatic carbocycles. The summed E-state index contributed by atoms with van der Waals surface area (Å²) in [4.78, 5) is 24.8. The molecule has 0 bridgehead atoms. The van der Waals surface area contributed by atoms with Crippen molar-refractivity contribution in [2.24, 2.45) is 14.1 Å². The number of aromatic nitrogens is 5. The molecule has 29 heavy (non-hydrogen) atoms. The second-order valence-electron chi connectivity index (χ2n) is 6.21. The molecule has 0 aromatic carbocycles. The number of aryl methyl sites for hydroxylation is 2. The molecule has 0 saturated heterocycles. The van der Waals surface area contributed by atoms with Crippen LogP contribution in [0.15, 0.2) is 33.4 Å². The number of nitrogens with one attached hydrogen (secondary N) is 1. The Kier molecular flexibility index (Phi) is 4.52. The number of thiophene rings is 1. The molecule has 4 aromatic heterocycles. The first-order valence-corrected chi connectivity index (χ1v) is 10.7. The van der Waals surface area contributed by atoms with Gasteiger partial charge in [0.1, 0.15) is 15.3 Å². The molecule has 0 amide bonds. The molecule has 0 unspecified atom stereocenters. The van der Waals surface area contributed by atoms with E-state index in [0.29, 0.717) is 21.8 Å². The van der Waals surface area contributed by atoms with Gasteiger partial charge < -0.3 is 9.30 Å². The Bertz CT molecular complexity index is 1430. The van der Waals surface area contributed by atoms with Crippen molar-refractivity contribution in [3.8, 4) is 0 Å². The molecular weight excluding hydrogens is 420 g/mol. The van der Waals surface area contributed by atoms with Gasteiger partial charge in [-0.15, -0.1) is 21.5 Å². The van der Waals surface area contributed by atoms with Gasteiger partial charge in [-0.25, -0.2) is 17.9 Å². The van der Waals surface area contributed by atoms with Crippen molar-refractivity contribution < 1.29 is 17.9 Å². The van der Waals surface area contributed by atoms with E-state index in [2.05, 4.69) is 14.9 Å². The Hall–Kier alpha value is -3.03. The van der Waals surface area contributed by atoms with Gasteiger partial charge in [0.2, 0.25) is 15.8 Å². The highest BCUT2D eigenvalue weighted by Crippen LogP contribution is 2.20. The number of nitrogens with zero attached hydrogens (tertiary/aromatic N) is 5. The maximum Gasteiger partial charge on any atom is 0.355 e. The van der Waals surface area contributed by atoms with Crippen LogP contribution in [0.2, 0.25) is 0 Å². The number of rotatable bonds is 5. The molecule has 0 saturated carbocycles. The summed E-state index contributed by atoms with van der Waals surface area (Å²) in [6.45, 7) is -0.206. The zero-order valence-electron chi connectivity index (χ0n) is 15.6. The van der Waals surface area contributed by atoms with Crippen LogP contribution in [0.5, 0.6) is 0 Å². The summed E-state index contributed by atoms with van der Waals surface area (Å²) in [7, 11) is 0.740. The number of hydrogen-bond acceptors (Lipinski definition) is 8. The Morgan fingerprint density at radius 2 is 2.07 bits per heavy atom. The van der Waals surface area contributed by atoms with Crippen LogP contribution in [0.25, 0.3) is 16.0 Å². The van der Waals surface area contributed by atoms with Gasteiger partial charge in [-0.05, 0) is 24.6 Å². The lowest BCUT2D eigenvalue weighted by Crippen LogP contribution is -2.19. The van der Waals surface area contributed by atoms with Crippen molar-refractivity contribution in [1.82, 2.24) is 28.5 Å². The van der Waals surface area contributed by atoms with E-state index in [9.17, 15) is 18.0 Å². The van der Waals surface area contributed by atoms with E-state index in [1.165, 1.54) is 39.8 Å². The minimum absolute atomic E-state index is 0.0441. The first-order chi connectivity index (χ1) is 13.7. The first-order valence-electron chi connectivity index (χ1n) is 8.32. The first kappa shape index (κ1) is 19.3. The number of hydrogen-bond donors (Lipinski definition) is 1. The second kappa shape index (κ2) is 6.79. The normalized spacial score (nSPS) is 12.1. The van der Waals surface area contributed by atoms with Crippen LogP contribution >= 0.6 is 11.3 Å². The van der Waals surface area contributed by atoms with E-state index in [1.54, 1.807) is 29.9 Å². The van der Waals surface area contributed by atoms with E-state index < -0.39 is 16.0 Å². The summed E-state index contributed by atoms with van der Waals surface area (Å²) >= 11 is 1.30. The van der Waals surface area contributed by atoms with Gasteiger partial charge in [-0.3, -0.25) is 13.8 Å². The highest BCUT2D eigenvalue weighted by molar-refractivity contribution is 7.89. The predicted octanol–water partition coefficient (Wildman–Crippen LogP) is 0.246. The van der Waals surface area contributed by atoms with E-state index in [0.717, 1.165) is 0 Å². The summed E-state index contributed by atoms with van der Waals surface area (Å²) in [6, 6.07) is 3.01. The summed E-state index contributed by atoms with van der Waals surface area (Å²) < 4.78 is 36.3. The zero-order chi connectivity index (χ0) is 20.9. The van der Waals surface area contributed by atoms with E-state index in [-0.39, 0.29) is 22.8 Å². The number of carbonyl (C=O) groups excluding carboxylic acids is 1. The van der Waals surface area contributed by atoms with Gasteiger partial charge >= 0.3 is 5.97 Å². The molecule has 4 heterocycles. The summed E-state index contributed by atoms with van der Waals surface area (Å²) in [5.41, 5.74) is 0.520. The third-order valence-electron chi connectivity index (χ3n) is 4.50. The minimum atomic E-state index is -3.68. The third-order valence-corrected chi connectivity index (χ3v) is 6.77. The molecule has 13 heteroatoms. The zero-order valence-corrected chi connectivity index (χ0v) is 17.2. The second-order valence-corrected chi connectivity index (χ2v) is 9.01. The van der Waals surface area contributed by atoms with Gasteiger partial charge in [-0.2, -0.15) is 0 Å². The molecule has 0 radical (unpaired) electrons. The average molecular weight is 436 g/mol. The smallest absolute Gasteiger partial charge is 0.355 e. The number of ether oxygens (including phenoxy) is 1. The van der Waals surface area contributed by atoms with Crippen molar-refractivity contribution in [3.63, 3.8) is 0 Å². The number of sulfonamides is 1. The molecule has 4 rings (SSSR count). The molecule has 152 valence electrons. The lowest BCUT2D eigenvalue weighted by molar-refractivity contribution is 0.0450. The Labute approximate surface area is 168 Å². The average Bonchev–Trinajstić information content (AvgIpc) is 3.41. The number of fused-ring (bicyclic) bond motifs is 3. The molecule has 11 nitrogen and oxygen atoms in total. The van der Waals surface area contributed by atoms with Crippen LogP contribution in [0.1, 0.15) is 16.3 Å². The monoisotopic (exact) mass is 436 g/mol. The fraction of sp³-hybridized carbons (Fsp3) is 0.250. The fourth-order valence-electron chi connectivity index (χ4n) is 2.95. The SMILES string of the molecule is CNS(=O)(=O)c1cc(C(=O)OCc2nnc3n(C)c(=O)c4sccc4n23)n(C)c1. The largest absolute Gasteiger partial charge is 0.453 e. The lowest BCUT2D eigenvalue weighted by atomic mass is 10.4. The molecular formula is C16H16N6O5S2. The quantitative estimate of drug-likeness (QED) is 0.444. The van der Waals surface area contributed by atoms with Crippen LogP contribution in [0.3, 0.4) is 0 Å². The Morgan fingerprint density at radius 1 is 1.31 bits per heavy atom. The van der Waals surface area contributed by atoms with Crippen molar-refractivity contribution in [3.05, 3.63) is 45.6 Å². The molecule has 1 N–H and O–H groups in total. The molecule has 0 atom stereocenters. The lowest BCUT2D eigenvalue weighted by Gasteiger charge is -2.06. The third kappa shape index (κ3) is 3.03. The molecule has 4 aromatic rings. The van der Waals surface area contributed by atoms with Crippen molar-refractivity contribution in [2.45, 2.75) is 11.5 Å². The fourth-order valence-corrected chi connectivity index (χ4v) is 4.60. The van der Waals surface area contributed by atoms with Gasteiger partial charge in [0.15, 0.2) is 12.4 Å². The topological polar surface area (TPSA) is 130 Å². The van der Waals surface area contributed by atoms with Crippen molar-refractivity contribution in [1.29, 1.82) is 0 Å². The molecule has 0 spiro atoms. The highest BCUT2D eigenvalue weighted by atomic mass is 32.2. The minimum Gasteiger partial charge on any atom is -0.453 e. The van der Waals surface area contributed by atoms with E-state index >= 15 is 0 Å². The number of carbonyl (C=O) groups is 1. The van der Waals surface area contributed by atoms with Crippen LogP contribution < -0.4 is 10.3 Å². The Balaban J connectivity index is 1.66. The van der Waals surface area contributed by atoms with Crippen LogP contribution in [-0.2, 0) is 35.5 Å². The van der Waals surface area contributed by atoms with Crippen molar-refractivity contribution >= 4 is 43.3 Å². The predicted molar refractivity (Wildman–Crippen MR) is 104 cm³/mol. The molecule has 0 fully saturated rings. The summed E-state index contributed by atoms with van der Waals surface area (Å²) in [5, 5.41) is 9.85. The maximum absolute atomic E-state index is 12.5. The standard InChI is InChI=1S/C16H16N6O5S2/c1-17-29(25,26)9-6-11(20(2)7-9)15(24)27-8-12-18-19-16-21(3)14(23)13-10(22(12)16)4-5-28-13/h4-7,17H,8H2,1-3H3. The molecule has 0 aliphatic heterocycles. The summed E-state index contributed by atoms with van der Waals surface area (Å²) in [5.74, 6) is -0.0500. The van der Waals surface area contributed by atoms with E-state index in [1.807, 2.05) is 0 Å². The van der Waals surface area contributed by atoms with Gasteiger partial charge in [0.25, 0.3) is 5.56 Å². The van der Waals surface area contributed by atoms with Crippen LogP contribution in [-0.4, -0.2) is 45.2 Å².